The lowest BCUT2D eigenvalue weighted by atomic mass is 10.00. The molecular weight excluding hydrogens is 512 g/mol. The summed E-state index contributed by atoms with van der Waals surface area (Å²) in [7, 11) is 1.80. The number of aliphatic imine (C=N–C) groups is 1. The third-order valence-electron chi connectivity index (χ3n) is 4.79. The summed E-state index contributed by atoms with van der Waals surface area (Å²) in [4.78, 5) is 8.65. The molecule has 1 aromatic carbocycles. The van der Waals surface area contributed by atoms with E-state index in [2.05, 4.69) is 25.7 Å². The van der Waals surface area contributed by atoms with Crippen LogP contribution in [0.1, 0.15) is 30.8 Å². The van der Waals surface area contributed by atoms with Crippen LogP contribution in [0.25, 0.3) is 5.69 Å². The number of nitrogens with one attached hydrogen (secondary N) is 2. The number of aliphatic hydroxyl groups is 1. The second-order valence-electron chi connectivity index (χ2n) is 7.36. The highest BCUT2D eigenvalue weighted by Crippen LogP contribution is 2.19. The average Bonchev–Trinajstić information content (AvgIpc) is 3.33. The Bertz CT molecular complexity index is 1030. The number of benzene rings is 1. The zero-order chi connectivity index (χ0) is 21.7. The van der Waals surface area contributed by atoms with Crippen LogP contribution in [0.3, 0.4) is 0 Å². The van der Waals surface area contributed by atoms with Gasteiger partial charge in [0.1, 0.15) is 17.2 Å². The van der Waals surface area contributed by atoms with Crippen molar-refractivity contribution in [3.63, 3.8) is 0 Å². The molecule has 3 aromatic rings. The first kappa shape index (κ1) is 24.8. The summed E-state index contributed by atoms with van der Waals surface area (Å²) < 4.78 is 17.9. The fraction of sp³-hybridized carbons (Fsp3) is 0.381. The van der Waals surface area contributed by atoms with Gasteiger partial charge in [-0.25, -0.2) is 14.4 Å². The third kappa shape index (κ3) is 6.26. The van der Waals surface area contributed by atoms with Crippen molar-refractivity contribution in [1.29, 1.82) is 0 Å². The summed E-state index contributed by atoms with van der Waals surface area (Å²) in [5, 5.41) is 21.1. The largest absolute Gasteiger partial charge is 0.383 e. The third-order valence-corrected chi connectivity index (χ3v) is 4.79. The Morgan fingerprint density at radius 1 is 1.32 bits per heavy atom. The molecule has 0 saturated carbocycles. The summed E-state index contributed by atoms with van der Waals surface area (Å²) >= 11 is 0. The molecule has 0 spiro atoms. The van der Waals surface area contributed by atoms with E-state index >= 15 is 0 Å². The van der Waals surface area contributed by atoms with Crippen LogP contribution in [-0.4, -0.2) is 43.5 Å². The van der Waals surface area contributed by atoms with E-state index in [0.717, 1.165) is 11.4 Å². The molecule has 1 atom stereocenters. The maximum atomic E-state index is 14.6. The first-order chi connectivity index (χ1) is 14.3. The van der Waals surface area contributed by atoms with Crippen molar-refractivity contribution in [3.8, 4) is 5.69 Å². The van der Waals surface area contributed by atoms with E-state index in [-0.39, 0.29) is 36.3 Å². The predicted octanol–water partition coefficient (Wildman–Crippen LogP) is 2.63. The highest BCUT2D eigenvalue weighted by Gasteiger charge is 2.25. The maximum Gasteiger partial charge on any atom is 0.191 e. The van der Waals surface area contributed by atoms with Crippen molar-refractivity contribution in [2.75, 3.05) is 13.1 Å². The lowest BCUT2D eigenvalue weighted by molar-refractivity contribution is 0.0616. The van der Waals surface area contributed by atoms with E-state index < -0.39 is 5.60 Å². The van der Waals surface area contributed by atoms with Gasteiger partial charge in [0, 0.05) is 37.7 Å². The van der Waals surface area contributed by atoms with Crippen molar-refractivity contribution in [1.82, 2.24) is 30.0 Å². The zero-order valence-corrected chi connectivity index (χ0v) is 20.5. The van der Waals surface area contributed by atoms with Crippen molar-refractivity contribution in [3.05, 3.63) is 65.8 Å². The Hall–Kier alpha value is -2.47. The fourth-order valence-electron chi connectivity index (χ4n) is 3.05. The zero-order valence-electron chi connectivity index (χ0n) is 18.1. The normalized spacial score (nSPS) is 13.4. The van der Waals surface area contributed by atoms with Crippen LogP contribution in [-0.2, 0) is 19.2 Å². The van der Waals surface area contributed by atoms with Crippen molar-refractivity contribution in [2.45, 2.75) is 32.9 Å². The molecule has 1 unspecified atom stereocenters. The van der Waals surface area contributed by atoms with Crippen LogP contribution in [0.15, 0.2) is 48.0 Å². The number of hydrogen-bond acceptors (Lipinski definition) is 4. The van der Waals surface area contributed by atoms with Gasteiger partial charge in [-0.05, 0) is 38.5 Å². The second kappa shape index (κ2) is 10.7. The minimum absolute atomic E-state index is 0. The molecule has 168 valence electrons. The van der Waals surface area contributed by atoms with Gasteiger partial charge < -0.3 is 20.3 Å². The van der Waals surface area contributed by atoms with Gasteiger partial charge in [-0.1, -0.05) is 6.07 Å². The van der Waals surface area contributed by atoms with E-state index in [1.165, 1.54) is 6.07 Å². The number of halogens is 2. The molecule has 0 aliphatic rings. The molecule has 3 N–H and O–H groups in total. The Kier molecular flexibility index (Phi) is 8.57. The van der Waals surface area contributed by atoms with Gasteiger partial charge in [-0.15, -0.1) is 24.0 Å². The Labute approximate surface area is 198 Å². The Balaban J connectivity index is 0.00000341. The monoisotopic (exact) mass is 541 g/mol. The van der Waals surface area contributed by atoms with Crippen molar-refractivity contribution in [2.24, 2.45) is 12.0 Å². The van der Waals surface area contributed by atoms with Gasteiger partial charge >= 0.3 is 0 Å². The van der Waals surface area contributed by atoms with Crippen LogP contribution in [0.4, 0.5) is 4.39 Å². The van der Waals surface area contributed by atoms with Crippen molar-refractivity contribution >= 4 is 29.9 Å². The standard InChI is InChI=1S/C21H28FN7O.HI/c1-5-23-20(26-14-21(3,30)17-12-27-28(4)13-17)25-11-16-6-7-19(18(22)10-16)29-9-8-24-15(29)2;/h6-10,12-13,30H,5,11,14H2,1-4H3,(H2,23,25,26);1H. The minimum Gasteiger partial charge on any atom is -0.383 e. The molecule has 0 saturated heterocycles. The first-order valence-electron chi connectivity index (χ1n) is 9.82. The summed E-state index contributed by atoms with van der Waals surface area (Å²) in [6.07, 6.45) is 6.78. The molecule has 0 amide bonds. The Morgan fingerprint density at radius 2 is 2.10 bits per heavy atom. The van der Waals surface area contributed by atoms with Gasteiger partial charge in [0.15, 0.2) is 5.96 Å². The lowest BCUT2D eigenvalue weighted by Gasteiger charge is -2.23. The number of guanidine groups is 1. The van der Waals surface area contributed by atoms with E-state index in [1.54, 1.807) is 54.1 Å². The fourth-order valence-corrected chi connectivity index (χ4v) is 3.05. The molecule has 0 radical (unpaired) electrons. The topological polar surface area (TPSA) is 92.3 Å². The minimum atomic E-state index is -1.11. The molecule has 0 aliphatic heterocycles. The number of imidazole rings is 1. The summed E-state index contributed by atoms with van der Waals surface area (Å²) in [6, 6.07) is 5.05. The molecule has 31 heavy (non-hydrogen) atoms. The molecular formula is C21H29FIN7O. The van der Waals surface area contributed by atoms with Gasteiger partial charge in [0.05, 0.1) is 25.0 Å². The lowest BCUT2D eigenvalue weighted by Crippen LogP contribution is -2.44. The number of aromatic nitrogens is 4. The summed E-state index contributed by atoms with van der Waals surface area (Å²) in [5.74, 6) is 0.928. The number of rotatable bonds is 7. The van der Waals surface area contributed by atoms with Crippen molar-refractivity contribution < 1.29 is 9.50 Å². The second-order valence-corrected chi connectivity index (χ2v) is 7.36. The molecule has 0 aliphatic carbocycles. The van der Waals surface area contributed by atoms with E-state index in [1.807, 2.05) is 19.9 Å². The molecule has 3 rings (SSSR count). The molecule has 0 fully saturated rings. The molecule has 2 heterocycles. The predicted molar refractivity (Wildman–Crippen MR) is 129 cm³/mol. The maximum absolute atomic E-state index is 14.6. The number of hydrogen-bond donors (Lipinski definition) is 3. The molecule has 0 bridgehead atoms. The molecule has 10 heteroatoms. The SMILES string of the molecule is CCNC(=NCc1ccc(-n2ccnc2C)c(F)c1)NCC(C)(O)c1cnn(C)c1.I. The summed E-state index contributed by atoms with van der Waals surface area (Å²) in [6.45, 7) is 6.70. The van der Waals surface area contributed by atoms with Crippen LogP contribution in [0.2, 0.25) is 0 Å². The van der Waals surface area contributed by atoms with Gasteiger partial charge in [-0.3, -0.25) is 4.68 Å². The molecule has 8 nitrogen and oxygen atoms in total. The summed E-state index contributed by atoms with van der Waals surface area (Å²) in [5.41, 5.74) is 0.794. The quantitative estimate of drug-likeness (QED) is 0.243. The smallest absolute Gasteiger partial charge is 0.191 e. The van der Waals surface area contributed by atoms with Gasteiger partial charge in [-0.2, -0.15) is 5.10 Å². The van der Waals surface area contributed by atoms with E-state index in [4.69, 9.17) is 0 Å². The number of aryl methyl sites for hydroxylation is 2. The van der Waals surface area contributed by atoms with E-state index in [9.17, 15) is 9.50 Å². The van der Waals surface area contributed by atoms with Crippen LogP contribution < -0.4 is 10.6 Å². The van der Waals surface area contributed by atoms with E-state index in [0.29, 0.717) is 30.3 Å². The first-order valence-corrected chi connectivity index (χ1v) is 9.82. The Morgan fingerprint density at radius 3 is 2.68 bits per heavy atom. The highest BCUT2D eigenvalue weighted by atomic mass is 127. The van der Waals surface area contributed by atoms with Crippen LogP contribution in [0, 0.1) is 12.7 Å². The number of nitrogens with zero attached hydrogens (tertiary/aromatic N) is 5. The average molecular weight is 541 g/mol. The molecule has 2 aromatic heterocycles. The van der Waals surface area contributed by atoms with Gasteiger partial charge in [0.2, 0.25) is 0 Å². The van der Waals surface area contributed by atoms with Crippen LogP contribution >= 0.6 is 24.0 Å². The highest BCUT2D eigenvalue weighted by molar-refractivity contribution is 14.0. The van der Waals surface area contributed by atoms with Crippen LogP contribution in [0.5, 0.6) is 0 Å². The van der Waals surface area contributed by atoms with Gasteiger partial charge in [0.25, 0.3) is 0 Å².